The van der Waals surface area contributed by atoms with Crippen LogP contribution in [0.3, 0.4) is 0 Å². The second-order valence-corrected chi connectivity index (χ2v) is 8.58. The molecule has 1 aliphatic heterocycles. The molecule has 3 aromatic rings. The summed E-state index contributed by atoms with van der Waals surface area (Å²) in [6.07, 6.45) is 0. The van der Waals surface area contributed by atoms with E-state index in [1.807, 2.05) is 6.07 Å². The summed E-state index contributed by atoms with van der Waals surface area (Å²) in [5.41, 5.74) is 1.68. The van der Waals surface area contributed by atoms with Gasteiger partial charge in [-0.25, -0.2) is 8.42 Å². The second-order valence-electron chi connectivity index (χ2n) is 6.70. The maximum atomic E-state index is 13.1. The van der Waals surface area contributed by atoms with Crippen LogP contribution in [0.1, 0.15) is 29.5 Å². The number of sulfone groups is 1. The van der Waals surface area contributed by atoms with Gasteiger partial charge in [0.1, 0.15) is 5.76 Å². The van der Waals surface area contributed by atoms with Crippen LogP contribution in [0.15, 0.2) is 94.2 Å². The van der Waals surface area contributed by atoms with Crippen LogP contribution in [0.4, 0.5) is 0 Å². The minimum Gasteiger partial charge on any atom is -0.507 e. The van der Waals surface area contributed by atoms with E-state index in [0.29, 0.717) is 16.7 Å². The molecule has 4 rings (SSSR count). The van der Waals surface area contributed by atoms with Crippen LogP contribution in [-0.4, -0.2) is 19.3 Å². The third-order valence-electron chi connectivity index (χ3n) is 5.01. The molecular weight excluding hydrogens is 372 g/mol. The third kappa shape index (κ3) is 2.75. The molecular formula is C23H18O4S. The maximum Gasteiger partial charge on any atom is 0.207 e. The van der Waals surface area contributed by atoms with E-state index in [-0.39, 0.29) is 26.9 Å². The smallest absolute Gasteiger partial charge is 0.207 e. The summed E-state index contributed by atoms with van der Waals surface area (Å²) < 4.78 is 26.2. The topological polar surface area (TPSA) is 71.4 Å². The van der Waals surface area contributed by atoms with E-state index in [1.54, 1.807) is 72.8 Å². The van der Waals surface area contributed by atoms with Crippen molar-refractivity contribution in [2.45, 2.75) is 22.6 Å². The number of carbonyl (C=O) groups is 1. The third-order valence-corrected chi connectivity index (χ3v) is 6.91. The molecule has 0 saturated carbocycles. The number of hydrogen-bond acceptors (Lipinski definition) is 4. The molecule has 0 aromatic heterocycles. The normalized spacial score (nSPS) is 15.9. The highest BCUT2D eigenvalue weighted by Crippen LogP contribution is 2.46. The molecule has 4 nitrogen and oxygen atoms in total. The van der Waals surface area contributed by atoms with Crippen molar-refractivity contribution < 1.29 is 18.3 Å². The lowest BCUT2D eigenvalue weighted by atomic mass is 9.81. The summed E-state index contributed by atoms with van der Waals surface area (Å²) >= 11 is 0. The summed E-state index contributed by atoms with van der Waals surface area (Å²) in [6, 6.07) is 22.1. The van der Waals surface area contributed by atoms with E-state index >= 15 is 0 Å². The highest BCUT2D eigenvalue weighted by molar-refractivity contribution is 7.91. The Bertz CT molecular complexity index is 1150. The van der Waals surface area contributed by atoms with Crippen LogP contribution < -0.4 is 0 Å². The lowest BCUT2D eigenvalue weighted by molar-refractivity contribution is -0.113. The number of fused-ring (bicyclic) bond motifs is 2. The molecule has 1 aliphatic rings. The van der Waals surface area contributed by atoms with Gasteiger partial charge in [-0.3, -0.25) is 4.79 Å². The standard InChI is InChI=1S/C23H18O4S/c1-15(24)21(23(25)16-9-3-2-4-10-16)22-17-11-5-7-13-19(17)28(26,27)20-14-8-6-12-18(20)22/h2-14,22,25H,1H3. The Balaban J connectivity index is 2.09. The number of aliphatic hydroxyl groups is 1. The summed E-state index contributed by atoms with van der Waals surface area (Å²) in [4.78, 5) is 13.0. The van der Waals surface area contributed by atoms with E-state index in [0.717, 1.165) is 0 Å². The molecule has 0 amide bonds. The zero-order valence-corrected chi connectivity index (χ0v) is 16.0. The Labute approximate surface area is 163 Å². The summed E-state index contributed by atoms with van der Waals surface area (Å²) in [6.45, 7) is 1.39. The fourth-order valence-corrected chi connectivity index (χ4v) is 5.53. The number of aliphatic hydroxyl groups excluding tert-OH is 1. The average Bonchev–Trinajstić information content (AvgIpc) is 2.71. The lowest BCUT2D eigenvalue weighted by Gasteiger charge is -2.29. The molecule has 0 atom stereocenters. The van der Waals surface area contributed by atoms with Crippen molar-refractivity contribution in [3.8, 4) is 0 Å². The van der Waals surface area contributed by atoms with Gasteiger partial charge in [-0.1, -0.05) is 66.7 Å². The van der Waals surface area contributed by atoms with E-state index in [2.05, 4.69) is 0 Å². The Morgan fingerprint density at radius 1 is 0.786 bits per heavy atom. The van der Waals surface area contributed by atoms with Gasteiger partial charge >= 0.3 is 0 Å². The highest BCUT2D eigenvalue weighted by atomic mass is 32.2. The largest absolute Gasteiger partial charge is 0.507 e. The van der Waals surface area contributed by atoms with Crippen LogP contribution in [-0.2, 0) is 14.6 Å². The van der Waals surface area contributed by atoms with Gasteiger partial charge in [-0.2, -0.15) is 0 Å². The number of rotatable bonds is 3. The van der Waals surface area contributed by atoms with Crippen LogP contribution in [0.5, 0.6) is 0 Å². The first-order valence-corrected chi connectivity index (χ1v) is 10.3. The molecule has 0 bridgehead atoms. The molecule has 28 heavy (non-hydrogen) atoms. The number of carbonyl (C=O) groups excluding carboxylic acids is 1. The molecule has 5 heteroatoms. The van der Waals surface area contributed by atoms with Gasteiger partial charge < -0.3 is 5.11 Å². The Morgan fingerprint density at radius 3 is 1.75 bits per heavy atom. The Morgan fingerprint density at radius 2 is 1.25 bits per heavy atom. The van der Waals surface area contributed by atoms with Gasteiger partial charge in [0.05, 0.1) is 9.79 Å². The van der Waals surface area contributed by atoms with Crippen LogP contribution in [0, 0.1) is 0 Å². The first-order valence-electron chi connectivity index (χ1n) is 8.85. The van der Waals surface area contributed by atoms with Crippen LogP contribution in [0.25, 0.3) is 5.76 Å². The van der Waals surface area contributed by atoms with E-state index in [9.17, 15) is 18.3 Å². The summed E-state index contributed by atoms with van der Waals surface area (Å²) in [7, 11) is -3.70. The molecule has 0 spiro atoms. The molecule has 0 saturated heterocycles. The number of allylic oxidation sites excluding steroid dienone is 1. The molecule has 1 heterocycles. The SMILES string of the molecule is CC(=O)C(=C(O)c1ccccc1)C1c2ccccc2S(=O)(=O)c2ccccc21. The van der Waals surface area contributed by atoms with Crippen molar-refractivity contribution in [1.82, 2.24) is 0 Å². The second kappa shape index (κ2) is 6.77. The molecule has 0 aliphatic carbocycles. The Hall–Kier alpha value is -3.18. The van der Waals surface area contributed by atoms with E-state index < -0.39 is 15.8 Å². The molecule has 0 fully saturated rings. The van der Waals surface area contributed by atoms with Gasteiger partial charge in [0.2, 0.25) is 9.84 Å². The fraction of sp³-hybridized carbons (Fsp3) is 0.0870. The first-order chi connectivity index (χ1) is 13.4. The molecule has 3 aromatic carbocycles. The van der Waals surface area contributed by atoms with Crippen LogP contribution in [0.2, 0.25) is 0 Å². The van der Waals surface area contributed by atoms with Gasteiger partial charge in [0.15, 0.2) is 5.78 Å². The predicted octanol–water partition coefficient (Wildman–Crippen LogP) is 4.52. The quantitative estimate of drug-likeness (QED) is 0.527. The lowest BCUT2D eigenvalue weighted by Crippen LogP contribution is -2.23. The molecule has 0 radical (unpaired) electrons. The minimum absolute atomic E-state index is 0.137. The number of Topliss-reactive ketones (excluding diaryl/α,β-unsaturated/α-hetero) is 1. The molecule has 1 N–H and O–H groups in total. The summed E-state index contributed by atoms with van der Waals surface area (Å²) in [5.74, 6) is -1.12. The van der Waals surface area contributed by atoms with Crippen molar-refractivity contribution in [1.29, 1.82) is 0 Å². The minimum atomic E-state index is -3.70. The number of hydrogen-bond donors (Lipinski definition) is 1. The van der Waals surface area contributed by atoms with Crippen LogP contribution >= 0.6 is 0 Å². The van der Waals surface area contributed by atoms with Crippen molar-refractivity contribution in [3.63, 3.8) is 0 Å². The van der Waals surface area contributed by atoms with Crippen molar-refractivity contribution in [3.05, 3.63) is 101 Å². The van der Waals surface area contributed by atoms with E-state index in [1.165, 1.54) is 6.92 Å². The van der Waals surface area contributed by atoms with Gasteiger partial charge in [0.25, 0.3) is 0 Å². The van der Waals surface area contributed by atoms with Crippen molar-refractivity contribution in [2.75, 3.05) is 0 Å². The zero-order chi connectivity index (χ0) is 19.9. The zero-order valence-electron chi connectivity index (χ0n) is 15.2. The van der Waals surface area contributed by atoms with Crippen molar-refractivity contribution in [2.24, 2.45) is 0 Å². The Kier molecular flexibility index (Phi) is 4.40. The summed E-state index contributed by atoms with van der Waals surface area (Å²) in [5, 5.41) is 11.0. The van der Waals surface area contributed by atoms with Gasteiger partial charge in [-0.05, 0) is 30.2 Å². The first kappa shape index (κ1) is 18.2. The monoisotopic (exact) mass is 390 g/mol. The van der Waals surface area contributed by atoms with Gasteiger partial charge in [0, 0.05) is 17.1 Å². The number of ketones is 1. The number of benzene rings is 3. The molecule has 140 valence electrons. The maximum absolute atomic E-state index is 13.1. The van der Waals surface area contributed by atoms with Crippen molar-refractivity contribution >= 4 is 21.4 Å². The predicted molar refractivity (Wildman–Crippen MR) is 107 cm³/mol. The fourth-order valence-electron chi connectivity index (χ4n) is 3.78. The average molecular weight is 390 g/mol. The van der Waals surface area contributed by atoms with E-state index in [4.69, 9.17) is 0 Å². The highest BCUT2D eigenvalue weighted by Gasteiger charge is 2.39. The van der Waals surface area contributed by atoms with Gasteiger partial charge in [-0.15, -0.1) is 0 Å². The molecule has 0 unspecified atom stereocenters.